The highest BCUT2D eigenvalue weighted by atomic mass is 32.2. The van der Waals surface area contributed by atoms with Gasteiger partial charge in [-0.3, -0.25) is 9.35 Å². The van der Waals surface area contributed by atoms with Gasteiger partial charge in [0, 0.05) is 6.42 Å². The number of carbonyl (C=O) groups excluding carboxylic acids is 1. The van der Waals surface area contributed by atoms with Gasteiger partial charge in [0.05, 0.1) is 17.9 Å². The van der Waals surface area contributed by atoms with E-state index in [4.69, 9.17) is 0 Å². The zero-order valence-electron chi connectivity index (χ0n) is 26.2. The first-order valence-electron chi connectivity index (χ1n) is 16.9. The third kappa shape index (κ3) is 28.6. The summed E-state index contributed by atoms with van der Waals surface area (Å²) < 4.78 is 32.1. The first-order chi connectivity index (χ1) is 19.3. The minimum Gasteiger partial charge on any atom is -0.391 e. The zero-order valence-corrected chi connectivity index (χ0v) is 27.0. The molecule has 2 unspecified atom stereocenters. The molecule has 0 saturated heterocycles. The standard InChI is InChI=1S/C33H65NO5S/c1-3-5-7-9-11-12-13-14-15-16-17-18-19-20-21-23-25-27-29-33(36)34-31(30-40(37,38)39)32(35)28-26-24-22-10-8-6-4-2/h15-16,31-32,35H,3-14,17-30H2,1-2H3,(H,34,36)(H,37,38,39)/b16-15-. The molecule has 40 heavy (non-hydrogen) atoms. The Labute approximate surface area is 248 Å². The molecule has 3 N–H and O–H groups in total. The first-order valence-corrected chi connectivity index (χ1v) is 18.5. The van der Waals surface area contributed by atoms with Crippen molar-refractivity contribution in [3.8, 4) is 0 Å². The van der Waals surface area contributed by atoms with Gasteiger partial charge in [-0.05, 0) is 38.5 Å². The highest BCUT2D eigenvalue weighted by molar-refractivity contribution is 7.85. The number of allylic oxidation sites excluding steroid dienone is 2. The first kappa shape index (κ1) is 39.1. The van der Waals surface area contributed by atoms with E-state index in [1.165, 1.54) is 109 Å². The van der Waals surface area contributed by atoms with Gasteiger partial charge in [0.15, 0.2) is 0 Å². The number of amides is 1. The van der Waals surface area contributed by atoms with Crippen LogP contribution in [0.4, 0.5) is 0 Å². The lowest BCUT2D eigenvalue weighted by Gasteiger charge is -2.23. The van der Waals surface area contributed by atoms with E-state index in [1.54, 1.807) is 0 Å². The summed E-state index contributed by atoms with van der Waals surface area (Å²) in [6.07, 6.45) is 31.8. The van der Waals surface area contributed by atoms with Crippen LogP contribution in [-0.2, 0) is 14.9 Å². The monoisotopic (exact) mass is 587 g/mol. The smallest absolute Gasteiger partial charge is 0.266 e. The number of aliphatic hydroxyl groups is 1. The third-order valence-electron chi connectivity index (χ3n) is 7.72. The van der Waals surface area contributed by atoms with Gasteiger partial charge in [-0.15, -0.1) is 0 Å². The van der Waals surface area contributed by atoms with Crippen molar-refractivity contribution in [2.75, 3.05) is 5.75 Å². The van der Waals surface area contributed by atoms with Gasteiger partial charge >= 0.3 is 0 Å². The van der Waals surface area contributed by atoms with E-state index in [1.807, 2.05) is 0 Å². The molecule has 6 nitrogen and oxygen atoms in total. The molecule has 0 aliphatic carbocycles. The number of carbonyl (C=O) groups is 1. The molecular weight excluding hydrogens is 522 g/mol. The van der Waals surface area contributed by atoms with Crippen LogP contribution in [0.5, 0.6) is 0 Å². The van der Waals surface area contributed by atoms with Crippen LogP contribution in [0, 0.1) is 0 Å². The molecule has 0 radical (unpaired) electrons. The molecule has 1 amide bonds. The lowest BCUT2D eigenvalue weighted by Crippen LogP contribution is -2.47. The van der Waals surface area contributed by atoms with E-state index >= 15 is 0 Å². The minimum absolute atomic E-state index is 0.254. The van der Waals surface area contributed by atoms with Crippen LogP contribution in [0.3, 0.4) is 0 Å². The molecule has 0 aromatic heterocycles. The molecule has 0 heterocycles. The Hall–Kier alpha value is -0.920. The topological polar surface area (TPSA) is 104 Å². The van der Waals surface area contributed by atoms with Crippen LogP contribution < -0.4 is 5.32 Å². The normalized spacial score (nSPS) is 13.6. The fraction of sp³-hybridized carbons (Fsp3) is 0.909. The number of unbranched alkanes of at least 4 members (excludes halogenated alkanes) is 20. The highest BCUT2D eigenvalue weighted by Crippen LogP contribution is 2.14. The molecule has 0 aliphatic rings. The summed E-state index contributed by atoms with van der Waals surface area (Å²) in [6.45, 7) is 4.44. The predicted molar refractivity (Wildman–Crippen MR) is 170 cm³/mol. The molecule has 0 aromatic rings. The molecule has 7 heteroatoms. The summed E-state index contributed by atoms with van der Waals surface area (Å²) in [5, 5.41) is 13.2. The number of nitrogens with one attached hydrogen (secondary N) is 1. The second kappa shape index (κ2) is 28.2. The highest BCUT2D eigenvalue weighted by Gasteiger charge is 2.26. The number of aliphatic hydroxyl groups excluding tert-OH is 1. The second-order valence-corrected chi connectivity index (χ2v) is 13.3. The van der Waals surface area contributed by atoms with Crippen molar-refractivity contribution in [3.63, 3.8) is 0 Å². The van der Waals surface area contributed by atoms with Gasteiger partial charge in [-0.1, -0.05) is 142 Å². The molecule has 0 bridgehead atoms. The lowest BCUT2D eigenvalue weighted by atomic mass is 10.0. The van der Waals surface area contributed by atoms with E-state index in [9.17, 15) is 22.9 Å². The molecule has 238 valence electrons. The largest absolute Gasteiger partial charge is 0.391 e. The Bertz CT molecular complexity index is 695. The van der Waals surface area contributed by atoms with Crippen LogP contribution >= 0.6 is 0 Å². The summed E-state index contributed by atoms with van der Waals surface area (Å²) in [5.41, 5.74) is 0. The summed E-state index contributed by atoms with van der Waals surface area (Å²) in [7, 11) is -4.29. The Morgan fingerprint density at radius 3 is 1.50 bits per heavy atom. The van der Waals surface area contributed by atoms with Crippen molar-refractivity contribution in [3.05, 3.63) is 12.2 Å². The van der Waals surface area contributed by atoms with Gasteiger partial charge in [-0.2, -0.15) is 8.42 Å². The number of rotatable bonds is 30. The Kier molecular flexibility index (Phi) is 27.6. The number of hydrogen-bond acceptors (Lipinski definition) is 4. The van der Waals surface area contributed by atoms with Gasteiger partial charge < -0.3 is 10.4 Å². The molecule has 0 fully saturated rings. The van der Waals surface area contributed by atoms with Gasteiger partial charge in [0.1, 0.15) is 0 Å². The molecule has 0 spiro atoms. The Morgan fingerprint density at radius 2 is 1.05 bits per heavy atom. The van der Waals surface area contributed by atoms with Crippen molar-refractivity contribution in [1.82, 2.24) is 5.32 Å². The second-order valence-electron chi connectivity index (χ2n) is 11.8. The molecule has 0 aromatic carbocycles. The van der Waals surface area contributed by atoms with E-state index in [-0.39, 0.29) is 5.91 Å². The summed E-state index contributed by atoms with van der Waals surface area (Å²) in [4.78, 5) is 12.4. The predicted octanol–water partition coefficient (Wildman–Crippen LogP) is 9.07. The molecule has 0 saturated carbocycles. The summed E-state index contributed by atoms with van der Waals surface area (Å²) in [6, 6.07) is -0.966. The lowest BCUT2D eigenvalue weighted by molar-refractivity contribution is -0.122. The van der Waals surface area contributed by atoms with Gasteiger partial charge in [0.25, 0.3) is 10.1 Å². The fourth-order valence-corrected chi connectivity index (χ4v) is 5.91. The van der Waals surface area contributed by atoms with Crippen LogP contribution in [0.25, 0.3) is 0 Å². The quantitative estimate of drug-likeness (QED) is 0.0442. The Morgan fingerprint density at radius 1 is 0.650 bits per heavy atom. The third-order valence-corrected chi connectivity index (χ3v) is 8.50. The Balaban J connectivity index is 3.85. The van der Waals surface area contributed by atoms with Gasteiger partial charge in [0.2, 0.25) is 5.91 Å². The van der Waals surface area contributed by atoms with Crippen molar-refractivity contribution in [2.24, 2.45) is 0 Å². The van der Waals surface area contributed by atoms with Crippen molar-refractivity contribution < 1.29 is 22.9 Å². The van der Waals surface area contributed by atoms with E-state index < -0.39 is 28.0 Å². The van der Waals surface area contributed by atoms with Crippen molar-refractivity contribution in [2.45, 2.75) is 187 Å². The maximum absolute atomic E-state index is 12.4. The SMILES string of the molecule is CCCCCCCCC/C=C\CCCCCCCCCC(=O)NC(CS(=O)(=O)O)C(O)CCCCCCCCC. The van der Waals surface area contributed by atoms with E-state index in [0.717, 1.165) is 38.5 Å². The maximum Gasteiger partial charge on any atom is 0.266 e. The molecule has 2 atom stereocenters. The van der Waals surface area contributed by atoms with Crippen LogP contribution in [0.15, 0.2) is 12.2 Å². The van der Waals surface area contributed by atoms with E-state index in [0.29, 0.717) is 12.8 Å². The average molecular weight is 588 g/mol. The zero-order chi connectivity index (χ0) is 29.7. The molecule has 0 rings (SSSR count). The van der Waals surface area contributed by atoms with E-state index in [2.05, 4.69) is 31.3 Å². The average Bonchev–Trinajstić information content (AvgIpc) is 2.90. The maximum atomic E-state index is 12.4. The van der Waals surface area contributed by atoms with Crippen LogP contribution in [0.1, 0.15) is 174 Å². The summed E-state index contributed by atoms with van der Waals surface area (Å²) >= 11 is 0. The molecular formula is C33H65NO5S. The van der Waals surface area contributed by atoms with Crippen molar-refractivity contribution >= 4 is 16.0 Å². The number of hydrogen-bond donors (Lipinski definition) is 3. The van der Waals surface area contributed by atoms with Crippen LogP contribution in [-0.4, -0.2) is 41.9 Å². The fourth-order valence-electron chi connectivity index (χ4n) is 5.15. The minimum atomic E-state index is -4.29. The van der Waals surface area contributed by atoms with Gasteiger partial charge in [-0.25, -0.2) is 0 Å². The molecule has 0 aliphatic heterocycles. The van der Waals surface area contributed by atoms with Crippen LogP contribution in [0.2, 0.25) is 0 Å². The van der Waals surface area contributed by atoms with Crippen molar-refractivity contribution in [1.29, 1.82) is 0 Å². The summed E-state index contributed by atoms with van der Waals surface area (Å²) in [5.74, 6) is -0.902.